The number of hydrogen-bond acceptors (Lipinski definition) is 5. The fraction of sp³-hybridized carbons (Fsp3) is 0.333. The molecule has 0 aliphatic heterocycles. The van der Waals surface area contributed by atoms with Gasteiger partial charge in [-0.1, -0.05) is 5.21 Å². The van der Waals surface area contributed by atoms with Crippen LogP contribution in [0.5, 0.6) is 0 Å². The minimum Gasteiger partial charge on any atom is -0.464 e. The van der Waals surface area contributed by atoms with Crippen molar-refractivity contribution in [2.24, 2.45) is 0 Å². The molecule has 0 fully saturated rings. The molecule has 0 aromatic carbocycles. The zero-order valence-corrected chi connectivity index (χ0v) is 10.5. The summed E-state index contributed by atoms with van der Waals surface area (Å²) in [5.41, 5.74) is 1.71. The van der Waals surface area contributed by atoms with Crippen LogP contribution >= 0.6 is 0 Å². The van der Waals surface area contributed by atoms with E-state index in [1.54, 1.807) is 17.1 Å². The van der Waals surface area contributed by atoms with Gasteiger partial charge in [-0.15, -0.1) is 5.10 Å². The Hall–Kier alpha value is -2.24. The highest BCUT2D eigenvalue weighted by atomic mass is 16.5. The summed E-state index contributed by atoms with van der Waals surface area (Å²) in [4.78, 5) is 15.6. The Bertz CT molecular complexity index is 548. The summed E-state index contributed by atoms with van der Waals surface area (Å²) in [6.07, 6.45) is 3.32. The van der Waals surface area contributed by atoms with Crippen LogP contribution in [0.15, 0.2) is 24.5 Å². The molecule has 0 atom stereocenters. The van der Waals surface area contributed by atoms with Crippen LogP contribution < -0.4 is 0 Å². The van der Waals surface area contributed by atoms with Gasteiger partial charge in [0.05, 0.1) is 7.11 Å². The molecule has 2 aromatic rings. The van der Waals surface area contributed by atoms with Gasteiger partial charge in [-0.3, -0.25) is 4.98 Å². The molecule has 0 saturated carbocycles. The molecular weight excluding hydrogens is 232 g/mol. The standard InChI is InChI=1S/C12H14N4O2/c1-8(2)16-11(9-4-6-13-7-5-9)10(14-15-16)12(17)18-3/h4-8H,1-3H3. The van der Waals surface area contributed by atoms with Crippen molar-refractivity contribution in [1.29, 1.82) is 0 Å². The van der Waals surface area contributed by atoms with Crippen molar-refractivity contribution in [2.45, 2.75) is 19.9 Å². The minimum atomic E-state index is -0.492. The predicted octanol–water partition coefficient (Wildman–Crippen LogP) is 1.71. The Balaban J connectivity index is 2.61. The van der Waals surface area contributed by atoms with E-state index in [1.165, 1.54) is 7.11 Å². The number of esters is 1. The molecule has 2 aromatic heterocycles. The highest BCUT2D eigenvalue weighted by Gasteiger charge is 2.22. The van der Waals surface area contributed by atoms with E-state index >= 15 is 0 Å². The van der Waals surface area contributed by atoms with Crippen LogP contribution in [0.2, 0.25) is 0 Å². The van der Waals surface area contributed by atoms with E-state index in [1.807, 2.05) is 26.0 Å². The number of carbonyl (C=O) groups is 1. The van der Waals surface area contributed by atoms with Crippen LogP contribution in [0, 0.1) is 0 Å². The fourth-order valence-corrected chi connectivity index (χ4v) is 1.67. The van der Waals surface area contributed by atoms with Crippen molar-refractivity contribution in [3.8, 4) is 11.3 Å². The molecule has 0 aliphatic carbocycles. The van der Waals surface area contributed by atoms with Gasteiger partial charge in [-0.25, -0.2) is 9.48 Å². The monoisotopic (exact) mass is 246 g/mol. The lowest BCUT2D eigenvalue weighted by atomic mass is 10.1. The van der Waals surface area contributed by atoms with Crippen molar-refractivity contribution >= 4 is 5.97 Å². The largest absolute Gasteiger partial charge is 0.464 e. The van der Waals surface area contributed by atoms with E-state index in [0.29, 0.717) is 5.69 Å². The third-order valence-corrected chi connectivity index (χ3v) is 2.52. The Labute approximate surface area is 105 Å². The van der Waals surface area contributed by atoms with Crippen LogP contribution in [-0.2, 0) is 4.74 Å². The zero-order valence-electron chi connectivity index (χ0n) is 10.5. The summed E-state index contributed by atoms with van der Waals surface area (Å²) in [7, 11) is 1.33. The second-order valence-corrected chi connectivity index (χ2v) is 4.05. The molecule has 0 unspecified atom stereocenters. The van der Waals surface area contributed by atoms with Gasteiger partial charge in [-0.2, -0.15) is 0 Å². The van der Waals surface area contributed by atoms with Crippen LogP contribution in [0.1, 0.15) is 30.4 Å². The van der Waals surface area contributed by atoms with E-state index in [9.17, 15) is 4.79 Å². The molecule has 0 bridgehead atoms. The molecule has 0 radical (unpaired) electrons. The summed E-state index contributed by atoms with van der Waals surface area (Å²) in [5, 5.41) is 7.91. The average Bonchev–Trinajstić information content (AvgIpc) is 2.83. The molecule has 0 amide bonds. The summed E-state index contributed by atoms with van der Waals surface area (Å²) >= 11 is 0. The molecule has 2 rings (SSSR count). The third kappa shape index (κ3) is 2.09. The van der Waals surface area contributed by atoms with Gasteiger partial charge in [0.2, 0.25) is 0 Å². The van der Waals surface area contributed by atoms with E-state index < -0.39 is 5.97 Å². The van der Waals surface area contributed by atoms with Crippen LogP contribution in [0.4, 0.5) is 0 Å². The lowest BCUT2D eigenvalue weighted by Gasteiger charge is -2.10. The van der Waals surface area contributed by atoms with Crippen molar-refractivity contribution in [3.05, 3.63) is 30.2 Å². The number of nitrogens with zero attached hydrogens (tertiary/aromatic N) is 4. The summed E-state index contributed by atoms with van der Waals surface area (Å²) in [5.74, 6) is -0.492. The van der Waals surface area contributed by atoms with Gasteiger partial charge in [0.1, 0.15) is 5.69 Å². The number of ether oxygens (including phenoxy) is 1. The van der Waals surface area contributed by atoms with Crippen molar-refractivity contribution < 1.29 is 9.53 Å². The molecule has 6 nitrogen and oxygen atoms in total. The zero-order chi connectivity index (χ0) is 13.1. The van der Waals surface area contributed by atoms with Crippen molar-refractivity contribution in [3.63, 3.8) is 0 Å². The van der Waals surface area contributed by atoms with E-state index in [4.69, 9.17) is 4.74 Å². The second-order valence-electron chi connectivity index (χ2n) is 4.05. The van der Waals surface area contributed by atoms with Crippen molar-refractivity contribution in [1.82, 2.24) is 20.0 Å². The number of aromatic nitrogens is 4. The summed E-state index contributed by atoms with van der Waals surface area (Å²) < 4.78 is 6.42. The van der Waals surface area contributed by atoms with Crippen molar-refractivity contribution in [2.75, 3.05) is 7.11 Å². The van der Waals surface area contributed by atoms with Gasteiger partial charge in [0.15, 0.2) is 5.69 Å². The SMILES string of the molecule is COC(=O)c1nnn(C(C)C)c1-c1ccncc1. The lowest BCUT2D eigenvalue weighted by Crippen LogP contribution is -2.08. The first kappa shape index (κ1) is 12.2. The first-order valence-corrected chi connectivity index (χ1v) is 5.59. The van der Waals surface area contributed by atoms with Crippen LogP contribution in [0.25, 0.3) is 11.3 Å². The molecule has 0 aliphatic rings. The predicted molar refractivity (Wildman–Crippen MR) is 65.0 cm³/mol. The summed E-state index contributed by atoms with van der Waals surface area (Å²) in [6.45, 7) is 3.95. The maximum absolute atomic E-state index is 11.7. The smallest absolute Gasteiger partial charge is 0.360 e. The van der Waals surface area contributed by atoms with Crippen LogP contribution in [0.3, 0.4) is 0 Å². The van der Waals surface area contributed by atoms with Gasteiger partial charge in [0, 0.05) is 24.0 Å². The number of methoxy groups -OCH3 is 1. The number of carbonyl (C=O) groups excluding carboxylic acids is 1. The molecule has 2 heterocycles. The van der Waals surface area contributed by atoms with Crippen LogP contribution in [-0.4, -0.2) is 33.1 Å². The number of hydrogen-bond donors (Lipinski definition) is 0. The Morgan fingerprint density at radius 3 is 2.56 bits per heavy atom. The Morgan fingerprint density at radius 2 is 2.00 bits per heavy atom. The Kier molecular flexibility index (Phi) is 3.36. The minimum absolute atomic E-state index is 0.0964. The second kappa shape index (κ2) is 4.95. The first-order chi connectivity index (χ1) is 8.65. The normalized spacial score (nSPS) is 10.7. The molecular formula is C12H14N4O2. The topological polar surface area (TPSA) is 69.9 Å². The molecule has 0 N–H and O–H groups in total. The molecule has 94 valence electrons. The van der Waals surface area contributed by atoms with E-state index in [2.05, 4.69) is 15.3 Å². The Morgan fingerprint density at radius 1 is 1.33 bits per heavy atom. The lowest BCUT2D eigenvalue weighted by molar-refractivity contribution is 0.0595. The quantitative estimate of drug-likeness (QED) is 0.771. The van der Waals surface area contributed by atoms with E-state index in [-0.39, 0.29) is 11.7 Å². The fourth-order valence-electron chi connectivity index (χ4n) is 1.67. The van der Waals surface area contributed by atoms with Gasteiger partial charge in [-0.05, 0) is 26.0 Å². The summed E-state index contributed by atoms with van der Waals surface area (Å²) in [6, 6.07) is 3.72. The first-order valence-electron chi connectivity index (χ1n) is 5.59. The molecule has 18 heavy (non-hydrogen) atoms. The van der Waals surface area contributed by atoms with Gasteiger partial charge < -0.3 is 4.74 Å². The third-order valence-electron chi connectivity index (χ3n) is 2.52. The maximum Gasteiger partial charge on any atom is 0.360 e. The van der Waals surface area contributed by atoms with E-state index in [0.717, 1.165) is 5.56 Å². The van der Waals surface area contributed by atoms with Gasteiger partial charge >= 0.3 is 5.97 Å². The van der Waals surface area contributed by atoms with Gasteiger partial charge in [0.25, 0.3) is 0 Å². The highest BCUT2D eigenvalue weighted by Crippen LogP contribution is 2.24. The molecule has 0 spiro atoms. The molecule has 0 saturated heterocycles. The number of pyridine rings is 1. The molecule has 6 heteroatoms. The average molecular weight is 246 g/mol. The number of rotatable bonds is 3. The maximum atomic E-state index is 11.7. The highest BCUT2D eigenvalue weighted by molar-refractivity contribution is 5.93.